The van der Waals surface area contributed by atoms with Crippen LogP contribution in [-0.2, 0) is 21.2 Å². The Labute approximate surface area is 245 Å². The predicted molar refractivity (Wildman–Crippen MR) is 165 cm³/mol. The average molecular weight is 586 g/mol. The van der Waals surface area contributed by atoms with Crippen LogP contribution >= 0.6 is 11.8 Å². The fourth-order valence-corrected chi connectivity index (χ4v) is 7.07. The zero-order valence-corrected chi connectivity index (χ0v) is 24.5. The maximum atomic E-state index is 12.9. The number of aryl methyl sites for hydroxylation is 2. The highest BCUT2D eigenvalue weighted by Crippen LogP contribution is 2.38. The number of nitrogens with zero attached hydrogens (tertiary/aromatic N) is 1. The Balaban J connectivity index is 1.21. The standard InChI is InChI=1S/C32H31N3O4S2/c1-22-8-17-29(23(2)20-22)34-41(38,39)28-15-13-27(14-16-28)33-31(37)25-9-11-26(12-10-25)32-35(30(36)21-40-32)19-18-24-6-4-3-5-7-24/h3-17,20,32,34H,18-19,21H2,1-2H3,(H,33,37)/t32-/m1/s1. The van der Waals surface area contributed by atoms with Gasteiger partial charge in [-0.3, -0.25) is 14.3 Å². The molecule has 1 heterocycles. The topological polar surface area (TPSA) is 95.6 Å². The predicted octanol–water partition coefficient (Wildman–Crippen LogP) is 6.17. The Kier molecular flexibility index (Phi) is 8.46. The van der Waals surface area contributed by atoms with Gasteiger partial charge in [0.1, 0.15) is 5.37 Å². The molecule has 4 aromatic rings. The van der Waals surface area contributed by atoms with Crippen LogP contribution < -0.4 is 10.0 Å². The SMILES string of the molecule is Cc1ccc(NS(=O)(=O)c2ccc(NC(=O)c3ccc([C@H]4SCC(=O)N4CCc4ccccc4)cc3)cc2)c(C)c1. The van der Waals surface area contributed by atoms with Crippen LogP contribution in [0.3, 0.4) is 0 Å². The highest BCUT2D eigenvalue weighted by atomic mass is 32.2. The van der Waals surface area contributed by atoms with Crippen LogP contribution in [0, 0.1) is 13.8 Å². The summed E-state index contributed by atoms with van der Waals surface area (Å²) in [6.45, 7) is 4.43. The third kappa shape index (κ3) is 6.81. The maximum Gasteiger partial charge on any atom is 0.261 e. The first-order valence-electron chi connectivity index (χ1n) is 13.3. The van der Waals surface area contributed by atoms with Gasteiger partial charge in [-0.05, 0) is 79.4 Å². The molecule has 1 aliphatic rings. The first kappa shape index (κ1) is 28.4. The molecule has 0 aliphatic carbocycles. The van der Waals surface area contributed by atoms with Crippen LogP contribution in [0.2, 0.25) is 0 Å². The van der Waals surface area contributed by atoms with Crippen molar-refractivity contribution < 1.29 is 18.0 Å². The Morgan fingerprint density at radius 2 is 1.63 bits per heavy atom. The molecule has 1 fully saturated rings. The molecule has 0 bridgehead atoms. The van der Waals surface area contributed by atoms with E-state index in [1.54, 1.807) is 42.1 Å². The Hall–Kier alpha value is -4.08. The molecule has 2 amide bonds. The van der Waals surface area contributed by atoms with Gasteiger partial charge in [0, 0.05) is 17.8 Å². The molecule has 210 valence electrons. The molecule has 0 aromatic heterocycles. The number of hydrogen-bond acceptors (Lipinski definition) is 5. The van der Waals surface area contributed by atoms with E-state index in [9.17, 15) is 18.0 Å². The molecule has 0 unspecified atom stereocenters. The normalized spacial score (nSPS) is 15.1. The van der Waals surface area contributed by atoms with Crippen molar-refractivity contribution in [3.8, 4) is 0 Å². The van der Waals surface area contributed by atoms with E-state index in [2.05, 4.69) is 22.2 Å². The number of carbonyl (C=O) groups is 2. The minimum Gasteiger partial charge on any atom is -0.326 e. The van der Waals surface area contributed by atoms with E-state index in [0.29, 0.717) is 29.2 Å². The molecule has 1 saturated heterocycles. The summed E-state index contributed by atoms with van der Waals surface area (Å²) >= 11 is 1.59. The maximum absolute atomic E-state index is 12.9. The van der Waals surface area contributed by atoms with E-state index in [1.165, 1.54) is 17.7 Å². The van der Waals surface area contributed by atoms with Gasteiger partial charge in [0.15, 0.2) is 0 Å². The molecule has 0 saturated carbocycles. The number of anilines is 2. The smallest absolute Gasteiger partial charge is 0.261 e. The zero-order chi connectivity index (χ0) is 29.0. The fourth-order valence-electron chi connectivity index (χ4n) is 4.72. The number of rotatable bonds is 9. The van der Waals surface area contributed by atoms with Crippen LogP contribution in [0.5, 0.6) is 0 Å². The van der Waals surface area contributed by atoms with Gasteiger partial charge in [0.2, 0.25) is 5.91 Å². The lowest BCUT2D eigenvalue weighted by atomic mass is 10.1. The van der Waals surface area contributed by atoms with Crippen LogP contribution in [0.15, 0.2) is 102 Å². The van der Waals surface area contributed by atoms with Gasteiger partial charge < -0.3 is 10.2 Å². The second-order valence-electron chi connectivity index (χ2n) is 10.0. The molecule has 7 nitrogen and oxygen atoms in total. The molecule has 2 N–H and O–H groups in total. The Bertz CT molecular complexity index is 1660. The fraction of sp³-hybridized carbons (Fsp3) is 0.188. The summed E-state index contributed by atoms with van der Waals surface area (Å²) in [5, 5.41) is 2.73. The van der Waals surface area contributed by atoms with Crippen molar-refractivity contribution in [1.82, 2.24) is 4.90 Å². The van der Waals surface area contributed by atoms with Gasteiger partial charge in [-0.15, -0.1) is 11.8 Å². The van der Waals surface area contributed by atoms with Crippen molar-refractivity contribution in [3.63, 3.8) is 0 Å². The van der Waals surface area contributed by atoms with Crippen molar-refractivity contribution in [3.05, 3.63) is 125 Å². The molecular weight excluding hydrogens is 555 g/mol. The monoisotopic (exact) mass is 585 g/mol. The highest BCUT2D eigenvalue weighted by molar-refractivity contribution is 8.00. The number of thioether (sulfide) groups is 1. The van der Waals surface area contributed by atoms with E-state index < -0.39 is 10.0 Å². The number of benzene rings is 4. The van der Waals surface area contributed by atoms with Gasteiger partial charge in [0.05, 0.1) is 16.3 Å². The molecule has 4 aromatic carbocycles. The van der Waals surface area contributed by atoms with E-state index in [4.69, 9.17) is 0 Å². The summed E-state index contributed by atoms with van der Waals surface area (Å²) < 4.78 is 28.4. The number of amides is 2. The van der Waals surface area contributed by atoms with Crippen molar-refractivity contribution in [2.24, 2.45) is 0 Å². The largest absolute Gasteiger partial charge is 0.326 e. The third-order valence-electron chi connectivity index (χ3n) is 6.96. The van der Waals surface area contributed by atoms with Gasteiger partial charge >= 0.3 is 0 Å². The second kappa shape index (κ2) is 12.2. The first-order chi connectivity index (χ1) is 19.7. The van der Waals surface area contributed by atoms with E-state index in [0.717, 1.165) is 23.1 Å². The lowest BCUT2D eigenvalue weighted by molar-refractivity contribution is -0.128. The zero-order valence-electron chi connectivity index (χ0n) is 22.8. The molecule has 41 heavy (non-hydrogen) atoms. The van der Waals surface area contributed by atoms with Gasteiger partial charge in [-0.2, -0.15) is 0 Å². The quantitative estimate of drug-likeness (QED) is 0.245. The number of sulfonamides is 1. The molecule has 1 atom stereocenters. The van der Waals surface area contributed by atoms with Crippen LogP contribution in [0.25, 0.3) is 0 Å². The van der Waals surface area contributed by atoms with Crippen molar-refractivity contribution in [1.29, 1.82) is 0 Å². The average Bonchev–Trinajstić information content (AvgIpc) is 3.34. The van der Waals surface area contributed by atoms with E-state index in [-0.39, 0.29) is 22.1 Å². The molecule has 0 spiro atoms. The second-order valence-corrected chi connectivity index (χ2v) is 12.8. The van der Waals surface area contributed by atoms with Crippen LogP contribution in [0.4, 0.5) is 11.4 Å². The van der Waals surface area contributed by atoms with Gasteiger partial charge in [0.25, 0.3) is 15.9 Å². The summed E-state index contributed by atoms with van der Waals surface area (Å²) in [5.41, 5.74) is 5.51. The van der Waals surface area contributed by atoms with E-state index >= 15 is 0 Å². The summed E-state index contributed by atoms with van der Waals surface area (Å²) in [4.78, 5) is 27.5. The minimum absolute atomic E-state index is 0.0878. The summed E-state index contributed by atoms with van der Waals surface area (Å²) in [6.07, 6.45) is 0.784. The van der Waals surface area contributed by atoms with Gasteiger partial charge in [-0.1, -0.05) is 60.2 Å². The van der Waals surface area contributed by atoms with Crippen LogP contribution in [-0.4, -0.2) is 37.4 Å². The van der Waals surface area contributed by atoms with E-state index in [1.807, 2.05) is 61.2 Å². The molecule has 1 aliphatic heterocycles. The van der Waals surface area contributed by atoms with Crippen LogP contribution in [0.1, 0.15) is 38.0 Å². The number of carbonyl (C=O) groups excluding carboxylic acids is 2. The number of hydrogen-bond donors (Lipinski definition) is 2. The summed E-state index contributed by atoms with van der Waals surface area (Å²) in [5.74, 6) is 0.247. The Morgan fingerprint density at radius 3 is 2.32 bits per heavy atom. The number of nitrogens with one attached hydrogen (secondary N) is 2. The summed E-state index contributed by atoms with van der Waals surface area (Å²) in [6, 6.07) is 28.9. The molecule has 5 rings (SSSR count). The lowest BCUT2D eigenvalue weighted by Gasteiger charge is -2.24. The lowest BCUT2D eigenvalue weighted by Crippen LogP contribution is -2.30. The molecular formula is C32H31N3O4S2. The summed E-state index contributed by atoms with van der Waals surface area (Å²) in [7, 11) is -3.78. The minimum atomic E-state index is -3.78. The molecule has 0 radical (unpaired) electrons. The Morgan fingerprint density at radius 1 is 0.927 bits per heavy atom. The van der Waals surface area contributed by atoms with Gasteiger partial charge in [-0.25, -0.2) is 8.42 Å². The first-order valence-corrected chi connectivity index (χ1v) is 15.8. The third-order valence-corrected chi connectivity index (χ3v) is 9.60. The van der Waals surface area contributed by atoms with Crippen molar-refractivity contribution >= 4 is 45.0 Å². The molecule has 9 heteroatoms. The van der Waals surface area contributed by atoms with Crippen molar-refractivity contribution in [2.45, 2.75) is 30.5 Å². The highest BCUT2D eigenvalue weighted by Gasteiger charge is 2.32. The van der Waals surface area contributed by atoms with Crippen molar-refractivity contribution in [2.75, 3.05) is 22.3 Å².